The quantitative estimate of drug-likeness (QED) is 0.647. The Kier molecular flexibility index (Phi) is 4.13. The van der Waals surface area contributed by atoms with Gasteiger partial charge in [0.25, 0.3) is 0 Å². The van der Waals surface area contributed by atoms with Crippen molar-refractivity contribution >= 4 is 37.2 Å². The molecule has 2 aliphatic heterocycles. The Morgan fingerprint density at radius 1 is 1.00 bits per heavy atom. The van der Waals surface area contributed by atoms with Gasteiger partial charge < -0.3 is 4.90 Å². The first-order valence-electron chi connectivity index (χ1n) is 6.02. The molecule has 0 unspecified atom stereocenters. The Balaban J connectivity index is 2.21. The van der Waals surface area contributed by atoms with E-state index in [-0.39, 0.29) is 34.8 Å². The van der Waals surface area contributed by atoms with E-state index in [1.165, 1.54) is 4.90 Å². The van der Waals surface area contributed by atoms with Crippen molar-refractivity contribution in [3.8, 4) is 0 Å². The standard InChI is InChI=1S/C10H16ClNO5S2/c11-5-10(13)12(8-1-3-18(14,15)6-8)9-2-4-19(16,17)7-9/h8-9H,1-7H2/t8-,9-/m1/s1. The summed E-state index contributed by atoms with van der Waals surface area (Å²) in [4.78, 5) is 13.3. The van der Waals surface area contributed by atoms with Crippen LogP contribution in [0.2, 0.25) is 0 Å². The first-order valence-corrected chi connectivity index (χ1v) is 10.2. The van der Waals surface area contributed by atoms with E-state index < -0.39 is 31.8 Å². The molecule has 0 saturated carbocycles. The smallest absolute Gasteiger partial charge is 0.238 e. The molecular formula is C10H16ClNO5S2. The summed E-state index contributed by atoms with van der Waals surface area (Å²) >= 11 is 5.56. The van der Waals surface area contributed by atoms with Gasteiger partial charge in [-0.3, -0.25) is 4.79 Å². The molecule has 0 aromatic heterocycles. The molecule has 0 spiro atoms. The molecule has 110 valence electrons. The Labute approximate surface area is 117 Å². The van der Waals surface area contributed by atoms with Gasteiger partial charge in [0.05, 0.1) is 23.0 Å². The third kappa shape index (κ3) is 3.41. The van der Waals surface area contributed by atoms with E-state index in [2.05, 4.69) is 0 Å². The molecule has 0 aliphatic carbocycles. The molecule has 6 nitrogen and oxygen atoms in total. The van der Waals surface area contributed by atoms with Crippen LogP contribution in [0.3, 0.4) is 0 Å². The van der Waals surface area contributed by atoms with Crippen LogP contribution < -0.4 is 0 Å². The second kappa shape index (κ2) is 5.21. The summed E-state index contributed by atoms with van der Waals surface area (Å²) in [6.45, 7) is 0. The molecule has 2 saturated heterocycles. The van der Waals surface area contributed by atoms with Crippen molar-refractivity contribution in [3.63, 3.8) is 0 Å². The minimum absolute atomic E-state index is 0.0448. The Morgan fingerprint density at radius 2 is 1.42 bits per heavy atom. The lowest BCUT2D eigenvalue weighted by molar-refractivity contribution is -0.132. The second-order valence-electron chi connectivity index (χ2n) is 5.05. The van der Waals surface area contributed by atoms with Gasteiger partial charge in [-0.05, 0) is 12.8 Å². The monoisotopic (exact) mass is 329 g/mol. The fraction of sp³-hybridized carbons (Fsp3) is 0.900. The summed E-state index contributed by atoms with van der Waals surface area (Å²) in [7, 11) is -6.25. The summed E-state index contributed by atoms with van der Waals surface area (Å²) in [6, 6.07) is -0.871. The third-order valence-corrected chi connectivity index (χ3v) is 7.34. The van der Waals surface area contributed by atoms with Gasteiger partial charge in [0.2, 0.25) is 5.91 Å². The van der Waals surface area contributed by atoms with Crippen LogP contribution in [0, 0.1) is 0 Å². The topological polar surface area (TPSA) is 88.6 Å². The number of rotatable bonds is 3. The van der Waals surface area contributed by atoms with E-state index in [1.54, 1.807) is 0 Å². The van der Waals surface area contributed by atoms with Gasteiger partial charge in [-0.15, -0.1) is 11.6 Å². The number of halogens is 1. The van der Waals surface area contributed by atoms with Gasteiger partial charge in [0, 0.05) is 12.1 Å². The molecule has 2 aliphatic rings. The van der Waals surface area contributed by atoms with Crippen molar-refractivity contribution < 1.29 is 21.6 Å². The molecule has 2 heterocycles. The van der Waals surface area contributed by atoms with Crippen molar-refractivity contribution in [2.45, 2.75) is 24.9 Å². The zero-order valence-corrected chi connectivity index (χ0v) is 12.7. The molecule has 0 radical (unpaired) electrons. The van der Waals surface area contributed by atoms with Crippen LogP contribution in [-0.4, -0.2) is 68.6 Å². The Morgan fingerprint density at radius 3 is 1.68 bits per heavy atom. The van der Waals surface area contributed by atoms with E-state index >= 15 is 0 Å². The maximum absolute atomic E-state index is 11.9. The fourth-order valence-electron chi connectivity index (χ4n) is 2.76. The number of carbonyl (C=O) groups is 1. The maximum Gasteiger partial charge on any atom is 0.238 e. The summed E-state index contributed by atoms with van der Waals surface area (Å²) in [6.07, 6.45) is 0.725. The fourth-order valence-corrected chi connectivity index (χ4v) is 6.32. The van der Waals surface area contributed by atoms with Crippen LogP contribution >= 0.6 is 11.6 Å². The summed E-state index contributed by atoms with van der Waals surface area (Å²) in [5.41, 5.74) is 0. The predicted molar refractivity (Wildman–Crippen MR) is 71.7 cm³/mol. The lowest BCUT2D eigenvalue weighted by atomic mass is 10.1. The zero-order chi connectivity index (χ0) is 14.3. The first kappa shape index (κ1) is 15.1. The van der Waals surface area contributed by atoms with Gasteiger partial charge in [0.15, 0.2) is 19.7 Å². The first-order chi connectivity index (χ1) is 8.74. The average molecular weight is 330 g/mol. The number of carbonyl (C=O) groups excluding carboxylic acids is 1. The highest BCUT2D eigenvalue weighted by atomic mass is 35.5. The molecule has 0 aromatic rings. The van der Waals surface area contributed by atoms with Crippen molar-refractivity contribution in [3.05, 3.63) is 0 Å². The molecule has 0 aromatic carbocycles. The SMILES string of the molecule is O=C(CCl)N([C@@H]1CCS(=O)(=O)C1)[C@@H]1CCS(=O)(=O)C1. The zero-order valence-electron chi connectivity index (χ0n) is 10.3. The highest BCUT2D eigenvalue weighted by Crippen LogP contribution is 2.26. The highest BCUT2D eigenvalue weighted by Gasteiger charge is 2.41. The van der Waals surface area contributed by atoms with Crippen molar-refractivity contribution in [2.24, 2.45) is 0 Å². The van der Waals surface area contributed by atoms with Crippen molar-refractivity contribution in [1.82, 2.24) is 4.90 Å². The van der Waals surface area contributed by atoms with Crippen LogP contribution in [0.1, 0.15) is 12.8 Å². The van der Waals surface area contributed by atoms with Gasteiger partial charge in [-0.2, -0.15) is 0 Å². The van der Waals surface area contributed by atoms with Crippen LogP contribution in [0.25, 0.3) is 0 Å². The number of nitrogens with zero attached hydrogens (tertiary/aromatic N) is 1. The maximum atomic E-state index is 11.9. The largest absolute Gasteiger partial charge is 0.334 e. The number of hydrogen-bond donors (Lipinski definition) is 0. The summed E-state index contributed by atoms with van der Waals surface area (Å²) in [5, 5.41) is 0. The van der Waals surface area contributed by atoms with Gasteiger partial charge >= 0.3 is 0 Å². The van der Waals surface area contributed by atoms with E-state index in [1.807, 2.05) is 0 Å². The molecule has 9 heteroatoms. The molecule has 0 bridgehead atoms. The van der Waals surface area contributed by atoms with E-state index in [4.69, 9.17) is 11.6 Å². The second-order valence-corrected chi connectivity index (χ2v) is 9.77. The molecule has 19 heavy (non-hydrogen) atoms. The van der Waals surface area contributed by atoms with E-state index in [9.17, 15) is 21.6 Å². The van der Waals surface area contributed by atoms with Crippen molar-refractivity contribution in [2.75, 3.05) is 28.9 Å². The highest BCUT2D eigenvalue weighted by molar-refractivity contribution is 7.92. The van der Waals surface area contributed by atoms with Crippen molar-refractivity contribution in [1.29, 1.82) is 0 Å². The lowest BCUT2D eigenvalue weighted by Crippen LogP contribution is -2.49. The molecule has 0 N–H and O–H groups in total. The van der Waals surface area contributed by atoms with Crippen LogP contribution in [-0.2, 0) is 24.5 Å². The number of alkyl halides is 1. The van der Waals surface area contributed by atoms with Crippen LogP contribution in [0.15, 0.2) is 0 Å². The average Bonchev–Trinajstić information content (AvgIpc) is 2.82. The molecular weight excluding hydrogens is 314 g/mol. The van der Waals surface area contributed by atoms with Crippen LogP contribution in [0.5, 0.6) is 0 Å². The lowest BCUT2D eigenvalue weighted by Gasteiger charge is -2.32. The van der Waals surface area contributed by atoms with Gasteiger partial charge in [0.1, 0.15) is 5.88 Å². The summed E-state index contributed by atoms with van der Waals surface area (Å²) < 4.78 is 46.0. The van der Waals surface area contributed by atoms with E-state index in [0.29, 0.717) is 12.8 Å². The summed E-state index contributed by atoms with van der Waals surface area (Å²) in [5.74, 6) is -0.733. The third-order valence-electron chi connectivity index (χ3n) is 3.61. The number of hydrogen-bond acceptors (Lipinski definition) is 5. The predicted octanol–water partition coefficient (Wildman–Crippen LogP) is -0.572. The number of sulfone groups is 2. The van der Waals surface area contributed by atoms with E-state index in [0.717, 1.165) is 0 Å². The molecule has 1 amide bonds. The molecule has 2 rings (SSSR count). The Hall–Kier alpha value is -0.340. The van der Waals surface area contributed by atoms with Gasteiger partial charge in [-0.1, -0.05) is 0 Å². The van der Waals surface area contributed by atoms with Gasteiger partial charge in [-0.25, -0.2) is 16.8 Å². The molecule has 2 fully saturated rings. The minimum Gasteiger partial charge on any atom is -0.334 e. The normalized spacial score (nSPS) is 32.3. The Bertz CT molecular complexity index is 527. The number of amides is 1. The minimum atomic E-state index is -3.13. The van der Waals surface area contributed by atoms with Crippen LogP contribution in [0.4, 0.5) is 0 Å². The molecule has 2 atom stereocenters.